The number of benzene rings is 1. The van der Waals surface area contributed by atoms with Crippen LogP contribution in [-0.4, -0.2) is 24.3 Å². The molecule has 0 amide bonds. The lowest BCUT2D eigenvalue weighted by Crippen LogP contribution is -2.30. The van der Waals surface area contributed by atoms with E-state index >= 15 is 0 Å². The highest BCUT2D eigenvalue weighted by Gasteiger charge is 2.35. The summed E-state index contributed by atoms with van der Waals surface area (Å²) in [5.74, 6) is 0. The molecule has 0 saturated carbocycles. The maximum Gasteiger partial charge on any atom is 0.243 e. The summed E-state index contributed by atoms with van der Waals surface area (Å²) in [6.45, 7) is 2.63. The Morgan fingerprint density at radius 2 is 1.82 bits per heavy atom. The number of nitrogens with zero attached hydrogens (tertiary/aromatic N) is 2. The molecule has 22 heavy (non-hydrogen) atoms. The van der Waals surface area contributed by atoms with E-state index in [2.05, 4.69) is 11.9 Å². The van der Waals surface area contributed by atoms with Gasteiger partial charge in [0, 0.05) is 18.9 Å². The van der Waals surface area contributed by atoms with Gasteiger partial charge in [-0.15, -0.1) is 0 Å². The van der Waals surface area contributed by atoms with Gasteiger partial charge in [0.05, 0.1) is 10.9 Å². The average molecular weight is 316 g/mol. The standard InChI is InChI=1S/C17H20N2O2S/c1-2-14-5-7-16(8-6-14)22(20,21)19-13-3-4-17(19)15-9-11-18-12-10-15/h5-12,17H,2-4,13H2,1H3. The lowest BCUT2D eigenvalue weighted by molar-refractivity contribution is 0.396. The van der Waals surface area contributed by atoms with Gasteiger partial charge in [0.15, 0.2) is 0 Å². The number of aryl methyl sites for hydroxylation is 1. The summed E-state index contributed by atoms with van der Waals surface area (Å²) in [6, 6.07) is 10.9. The monoisotopic (exact) mass is 316 g/mol. The van der Waals surface area contributed by atoms with Crippen LogP contribution < -0.4 is 0 Å². The molecule has 0 aliphatic carbocycles. The van der Waals surface area contributed by atoms with Gasteiger partial charge in [-0.05, 0) is 54.7 Å². The van der Waals surface area contributed by atoms with Gasteiger partial charge in [-0.2, -0.15) is 4.31 Å². The van der Waals surface area contributed by atoms with Crippen LogP contribution in [-0.2, 0) is 16.4 Å². The Balaban J connectivity index is 1.93. The minimum Gasteiger partial charge on any atom is -0.265 e. The first kappa shape index (κ1) is 15.2. The van der Waals surface area contributed by atoms with Crippen molar-refractivity contribution in [3.63, 3.8) is 0 Å². The normalized spacial score (nSPS) is 19.4. The minimum absolute atomic E-state index is 0.0844. The smallest absolute Gasteiger partial charge is 0.243 e. The molecule has 1 saturated heterocycles. The number of hydrogen-bond donors (Lipinski definition) is 0. The first-order valence-corrected chi connectivity index (χ1v) is 9.07. The van der Waals surface area contributed by atoms with E-state index in [0.717, 1.165) is 30.4 Å². The molecule has 1 aromatic heterocycles. The highest BCUT2D eigenvalue weighted by Crippen LogP contribution is 2.36. The number of aromatic nitrogens is 1. The molecular formula is C17H20N2O2S. The molecule has 1 aliphatic rings. The summed E-state index contributed by atoms with van der Waals surface area (Å²) in [5, 5.41) is 0. The van der Waals surface area contributed by atoms with E-state index in [1.54, 1.807) is 28.8 Å². The molecular weight excluding hydrogens is 296 g/mol. The van der Waals surface area contributed by atoms with Crippen molar-refractivity contribution in [1.29, 1.82) is 0 Å². The number of pyridine rings is 1. The van der Waals surface area contributed by atoms with Crippen molar-refractivity contribution in [2.75, 3.05) is 6.54 Å². The van der Waals surface area contributed by atoms with Gasteiger partial charge in [-0.3, -0.25) is 4.98 Å². The molecule has 0 bridgehead atoms. The summed E-state index contributed by atoms with van der Waals surface area (Å²) < 4.78 is 27.5. The summed E-state index contributed by atoms with van der Waals surface area (Å²) in [6.07, 6.45) is 6.09. The summed E-state index contributed by atoms with van der Waals surface area (Å²) in [7, 11) is -3.45. The minimum atomic E-state index is -3.45. The van der Waals surface area contributed by atoms with Crippen molar-refractivity contribution in [3.8, 4) is 0 Å². The average Bonchev–Trinajstić information content (AvgIpc) is 3.06. The van der Waals surface area contributed by atoms with Crippen LogP contribution in [0.1, 0.15) is 36.9 Å². The topological polar surface area (TPSA) is 50.3 Å². The van der Waals surface area contributed by atoms with Crippen LogP contribution in [0, 0.1) is 0 Å². The summed E-state index contributed by atoms with van der Waals surface area (Å²) >= 11 is 0. The van der Waals surface area contributed by atoms with Crippen LogP contribution in [0.3, 0.4) is 0 Å². The van der Waals surface area contributed by atoms with E-state index in [1.807, 2.05) is 24.3 Å². The van der Waals surface area contributed by atoms with Gasteiger partial charge in [-0.1, -0.05) is 19.1 Å². The fourth-order valence-electron chi connectivity index (χ4n) is 2.98. The number of sulfonamides is 1. The van der Waals surface area contributed by atoms with Crippen molar-refractivity contribution in [1.82, 2.24) is 9.29 Å². The second-order valence-corrected chi connectivity index (χ2v) is 7.44. The number of rotatable bonds is 4. The van der Waals surface area contributed by atoms with Crippen LogP contribution in [0.2, 0.25) is 0 Å². The Labute approximate surface area is 131 Å². The maximum absolute atomic E-state index is 12.9. The molecule has 1 aromatic carbocycles. The Hall–Kier alpha value is -1.72. The molecule has 1 unspecified atom stereocenters. The van der Waals surface area contributed by atoms with Crippen molar-refractivity contribution >= 4 is 10.0 Å². The van der Waals surface area contributed by atoms with Crippen molar-refractivity contribution in [2.45, 2.75) is 37.1 Å². The predicted molar refractivity (Wildman–Crippen MR) is 85.9 cm³/mol. The molecule has 1 aliphatic heterocycles. The molecule has 116 valence electrons. The third-order valence-corrected chi connectivity index (χ3v) is 6.16. The largest absolute Gasteiger partial charge is 0.265 e. The quantitative estimate of drug-likeness (QED) is 0.870. The molecule has 0 N–H and O–H groups in total. The predicted octanol–water partition coefficient (Wildman–Crippen LogP) is 3.17. The van der Waals surface area contributed by atoms with Crippen molar-refractivity contribution in [2.24, 2.45) is 0 Å². The third kappa shape index (κ3) is 2.78. The van der Waals surface area contributed by atoms with Gasteiger partial charge in [0.25, 0.3) is 0 Å². The van der Waals surface area contributed by atoms with E-state index < -0.39 is 10.0 Å². The first-order valence-electron chi connectivity index (χ1n) is 7.63. The highest BCUT2D eigenvalue weighted by molar-refractivity contribution is 7.89. The van der Waals surface area contributed by atoms with Gasteiger partial charge < -0.3 is 0 Å². The molecule has 4 nitrogen and oxygen atoms in total. The van der Waals surface area contributed by atoms with E-state index in [9.17, 15) is 8.42 Å². The molecule has 5 heteroatoms. The van der Waals surface area contributed by atoms with Crippen LogP contribution in [0.25, 0.3) is 0 Å². The van der Waals surface area contributed by atoms with E-state index in [-0.39, 0.29) is 6.04 Å². The third-order valence-electron chi connectivity index (χ3n) is 4.23. The van der Waals surface area contributed by atoms with Gasteiger partial charge in [0.2, 0.25) is 10.0 Å². The Morgan fingerprint density at radius 3 is 2.45 bits per heavy atom. The zero-order valence-corrected chi connectivity index (χ0v) is 13.5. The summed E-state index contributed by atoms with van der Waals surface area (Å²) in [5.41, 5.74) is 2.16. The molecule has 2 aromatic rings. The first-order chi connectivity index (χ1) is 10.6. The van der Waals surface area contributed by atoms with E-state index in [0.29, 0.717) is 11.4 Å². The van der Waals surface area contributed by atoms with Crippen LogP contribution in [0.5, 0.6) is 0 Å². The molecule has 2 heterocycles. The number of hydrogen-bond acceptors (Lipinski definition) is 3. The Kier molecular flexibility index (Phi) is 4.27. The molecule has 1 atom stereocenters. The maximum atomic E-state index is 12.9. The van der Waals surface area contributed by atoms with Gasteiger partial charge in [0.1, 0.15) is 0 Å². The van der Waals surface area contributed by atoms with Crippen LogP contribution >= 0.6 is 0 Å². The van der Waals surface area contributed by atoms with Crippen molar-refractivity contribution < 1.29 is 8.42 Å². The molecule has 0 spiro atoms. The summed E-state index contributed by atoms with van der Waals surface area (Å²) in [4.78, 5) is 4.39. The second-order valence-electron chi connectivity index (χ2n) is 5.55. The molecule has 1 fully saturated rings. The lowest BCUT2D eigenvalue weighted by Gasteiger charge is -2.24. The highest BCUT2D eigenvalue weighted by atomic mass is 32.2. The lowest BCUT2D eigenvalue weighted by atomic mass is 10.1. The SMILES string of the molecule is CCc1ccc(S(=O)(=O)N2CCCC2c2ccncc2)cc1. The van der Waals surface area contributed by atoms with Crippen molar-refractivity contribution in [3.05, 3.63) is 59.9 Å². The van der Waals surface area contributed by atoms with Crippen LogP contribution in [0.15, 0.2) is 53.7 Å². The zero-order valence-electron chi connectivity index (χ0n) is 12.6. The van der Waals surface area contributed by atoms with Crippen LogP contribution in [0.4, 0.5) is 0 Å². The molecule has 0 radical (unpaired) electrons. The van der Waals surface area contributed by atoms with E-state index in [1.165, 1.54) is 0 Å². The van der Waals surface area contributed by atoms with E-state index in [4.69, 9.17) is 0 Å². The Morgan fingerprint density at radius 1 is 1.14 bits per heavy atom. The second kappa shape index (κ2) is 6.18. The fourth-order valence-corrected chi connectivity index (χ4v) is 4.66. The molecule has 3 rings (SSSR count). The fraction of sp³-hybridized carbons (Fsp3) is 0.353. The Bertz CT molecular complexity index is 727. The van der Waals surface area contributed by atoms with Gasteiger partial charge >= 0.3 is 0 Å². The zero-order chi connectivity index (χ0) is 15.6. The van der Waals surface area contributed by atoms with Gasteiger partial charge in [-0.25, -0.2) is 8.42 Å².